The molecule has 0 unspecified atom stereocenters. The minimum atomic E-state index is 0.569. The molecule has 0 bridgehead atoms. The van der Waals surface area contributed by atoms with E-state index in [0.717, 1.165) is 6.42 Å². The fourth-order valence-electron chi connectivity index (χ4n) is 0.786. The third-order valence-corrected chi connectivity index (χ3v) is 1.24. The fourth-order valence-corrected chi connectivity index (χ4v) is 0.786. The standard InChI is InChI=1S/C8H11.2ClH.Ni/c1-2-4-6-8-7-5-3-1;;;/h1-2,7H,3-6H2;2*1H;/q-1;;;+3/p-2. The first-order valence-electron chi connectivity index (χ1n) is 3.44. The van der Waals surface area contributed by atoms with Crippen LogP contribution in [0.4, 0.5) is 0 Å². The van der Waals surface area contributed by atoms with Crippen molar-refractivity contribution in [3.63, 3.8) is 0 Å². The van der Waals surface area contributed by atoms with Crippen LogP contribution in [0.2, 0.25) is 0 Å². The van der Waals surface area contributed by atoms with E-state index < -0.39 is 0 Å². The molecule has 67 valence electrons. The van der Waals surface area contributed by atoms with Gasteiger partial charge in [0.25, 0.3) is 0 Å². The van der Waals surface area contributed by atoms with E-state index >= 15 is 0 Å². The molecule has 0 atom stereocenters. The molecular weight excluding hydrogens is 226 g/mol. The molecule has 0 aliphatic heterocycles. The molecule has 1 aliphatic rings. The fraction of sp³-hybridized carbons (Fsp3) is 0.500. The summed E-state index contributed by atoms with van der Waals surface area (Å²) in [5.74, 6) is 0. The van der Waals surface area contributed by atoms with Gasteiger partial charge in [-0.1, -0.05) is 25.0 Å². The third kappa shape index (κ3) is 10.6. The van der Waals surface area contributed by atoms with Gasteiger partial charge in [-0.3, -0.25) is 6.08 Å². The summed E-state index contributed by atoms with van der Waals surface area (Å²) in [7, 11) is 9.40. The second-order valence-electron chi connectivity index (χ2n) is 2.04. The number of allylic oxidation sites excluding steroid dienone is 4. The van der Waals surface area contributed by atoms with Crippen LogP contribution < -0.4 is 0 Å². The first-order valence-corrected chi connectivity index (χ1v) is 6.16. The Morgan fingerprint density at radius 3 is 2.45 bits per heavy atom. The molecule has 0 N–H and O–H groups in total. The molecule has 0 amide bonds. The van der Waals surface area contributed by atoms with E-state index in [1.54, 1.807) is 0 Å². The summed E-state index contributed by atoms with van der Waals surface area (Å²) in [4.78, 5) is 0. The van der Waals surface area contributed by atoms with Crippen molar-refractivity contribution < 1.29 is 12.7 Å². The predicted molar refractivity (Wildman–Crippen MR) is 47.1 cm³/mol. The zero-order chi connectivity index (χ0) is 8.36. The maximum atomic E-state index is 4.70. The third-order valence-electron chi connectivity index (χ3n) is 1.24. The zero-order valence-corrected chi connectivity index (χ0v) is 8.63. The second kappa shape index (κ2) is 10.6. The molecule has 1 rings (SSSR count). The Hall–Kier alpha value is 0.554. The molecule has 11 heavy (non-hydrogen) atoms. The van der Waals surface area contributed by atoms with Crippen molar-refractivity contribution >= 4 is 20.4 Å². The summed E-state index contributed by atoms with van der Waals surface area (Å²) in [6.45, 7) is 0. The van der Waals surface area contributed by atoms with Crippen molar-refractivity contribution in [1.29, 1.82) is 0 Å². The SMILES string of the molecule is [C-]1=CCCC=CCC1.[Cl][Ni+][Cl]. The second-order valence-corrected chi connectivity index (χ2v) is 3.67. The van der Waals surface area contributed by atoms with E-state index in [2.05, 4.69) is 24.3 Å². The van der Waals surface area contributed by atoms with Crippen LogP contribution in [0.5, 0.6) is 0 Å². The van der Waals surface area contributed by atoms with E-state index in [4.69, 9.17) is 20.4 Å². The molecule has 0 saturated carbocycles. The van der Waals surface area contributed by atoms with E-state index in [1.807, 2.05) is 0 Å². The Bertz CT molecular complexity index is 95.3. The van der Waals surface area contributed by atoms with Crippen LogP contribution in [0.1, 0.15) is 25.7 Å². The quantitative estimate of drug-likeness (QED) is 0.341. The molecule has 0 saturated heterocycles. The van der Waals surface area contributed by atoms with Gasteiger partial charge < -0.3 is 6.08 Å². The normalized spacial score (nSPS) is 16.5. The van der Waals surface area contributed by atoms with Crippen LogP contribution >= 0.6 is 20.4 Å². The molecule has 0 aromatic heterocycles. The van der Waals surface area contributed by atoms with Gasteiger partial charge in [-0.15, -0.1) is 0 Å². The van der Waals surface area contributed by atoms with Crippen molar-refractivity contribution in [2.75, 3.05) is 0 Å². The van der Waals surface area contributed by atoms with Gasteiger partial charge in [0, 0.05) is 0 Å². The van der Waals surface area contributed by atoms with Crippen LogP contribution in [0.3, 0.4) is 0 Å². The van der Waals surface area contributed by atoms with E-state index in [9.17, 15) is 0 Å². The first-order chi connectivity index (χ1) is 5.41. The molecule has 0 spiro atoms. The summed E-state index contributed by atoms with van der Waals surface area (Å²) in [6, 6.07) is 0. The first kappa shape index (κ1) is 11.6. The summed E-state index contributed by atoms with van der Waals surface area (Å²) in [5, 5.41) is 0. The number of rotatable bonds is 0. The molecule has 1 aliphatic carbocycles. The summed E-state index contributed by atoms with van der Waals surface area (Å²) >= 11 is 0.569. The van der Waals surface area contributed by atoms with Crippen molar-refractivity contribution in [1.82, 2.24) is 0 Å². The predicted octanol–water partition coefficient (Wildman–Crippen LogP) is 3.85. The van der Waals surface area contributed by atoms with Gasteiger partial charge in [-0.05, 0) is 6.42 Å². The molecule has 0 radical (unpaired) electrons. The van der Waals surface area contributed by atoms with Gasteiger partial charge in [0.2, 0.25) is 0 Å². The average molecular weight is 237 g/mol. The Morgan fingerprint density at radius 1 is 1.09 bits per heavy atom. The minimum absolute atomic E-state index is 0.569. The summed E-state index contributed by atoms with van der Waals surface area (Å²) in [5.41, 5.74) is 0. The molecule has 0 aromatic carbocycles. The Morgan fingerprint density at radius 2 is 1.73 bits per heavy atom. The van der Waals surface area contributed by atoms with Crippen LogP contribution in [-0.4, -0.2) is 0 Å². The topological polar surface area (TPSA) is 0 Å². The molecule has 3 heteroatoms. The van der Waals surface area contributed by atoms with E-state index in [-0.39, 0.29) is 0 Å². The van der Waals surface area contributed by atoms with Gasteiger partial charge in [0.1, 0.15) is 0 Å². The Labute approximate surface area is 83.0 Å². The average Bonchev–Trinajstić information content (AvgIpc) is 1.86. The van der Waals surface area contributed by atoms with Crippen LogP contribution in [0.25, 0.3) is 0 Å². The van der Waals surface area contributed by atoms with Gasteiger partial charge >= 0.3 is 33.0 Å². The monoisotopic (exact) mass is 235 g/mol. The van der Waals surface area contributed by atoms with E-state index in [1.165, 1.54) is 19.3 Å². The van der Waals surface area contributed by atoms with Gasteiger partial charge in [-0.25, -0.2) is 0 Å². The van der Waals surface area contributed by atoms with Crippen LogP contribution in [0.15, 0.2) is 18.2 Å². The zero-order valence-electron chi connectivity index (χ0n) is 6.13. The Balaban J connectivity index is 0.000000292. The number of hydrogen-bond acceptors (Lipinski definition) is 0. The Kier molecular flexibility index (Phi) is 11.1. The summed E-state index contributed by atoms with van der Waals surface area (Å²) < 4.78 is 0. The molecule has 0 aromatic rings. The maximum absolute atomic E-state index is 4.70. The molecule has 0 fully saturated rings. The number of hydrogen-bond donors (Lipinski definition) is 0. The molecule has 0 nitrogen and oxygen atoms in total. The van der Waals surface area contributed by atoms with Crippen LogP contribution in [0, 0.1) is 6.08 Å². The molecule has 0 heterocycles. The molecular formula is C8H11Cl2Ni. The van der Waals surface area contributed by atoms with Gasteiger partial charge in [0.15, 0.2) is 0 Å². The van der Waals surface area contributed by atoms with Crippen molar-refractivity contribution in [3.8, 4) is 0 Å². The van der Waals surface area contributed by atoms with E-state index in [0.29, 0.717) is 12.7 Å². The van der Waals surface area contributed by atoms with Gasteiger partial charge in [0.05, 0.1) is 0 Å². The van der Waals surface area contributed by atoms with Gasteiger partial charge in [-0.2, -0.15) is 6.42 Å². The van der Waals surface area contributed by atoms with Crippen LogP contribution in [-0.2, 0) is 12.7 Å². The van der Waals surface area contributed by atoms with Crippen molar-refractivity contribution in [2.45, 2.75) is 25.7 Å². The summed E-state index contributed by atoms with van der Waals surface area (Å²) in [6.07, 6.45) is 14.5. The van der Waals surface area contributed by atoms with Crippen molar-refractivity contribution in [3.05, 3.63) is 24.3 Å². The number of halogens is 2. The van der Waals surface area contributed by atoms with Crippen molar-refractivity contribution in [2.24, 2.45) is 0 Å².